The first-order chi connectivity index (χ1) is 11.5. The lowest BCUT2D eigenvalue weighted by molar-refractivity contribution is -0.131. The summed E-state index contributed by atoms with van der Waals surface area (Å²) in [6.45, 7) is 3.30. The molecule has 1 saturated heterocycles. The molecule has 7 heteroatoms. The first-order valence-electron chi connectivity index (χ1n) is 8.07. The number of carbonyl (C=O) groups is 2. The van der Waals surface area contributed by atoms with Crippen molar-refractivity contribution in [1.82, 2.24) is 20.1 Å². The highest BCUT2D eigenvalue weighted by Crippen LogP contribution is 2.26. The molecule has 3 rings (SSSR count). The number of hydrogen-bond donors (Lipinski definition) is 2. The van der Waals surface area contributed by atoms with Crippen molar-refractivity contribution in [2.24, 2.45) is 5.73 Å². The van der Waals surface area contributed by atoms with Gasteiger partial charge in [0.1, 0.15) is 5.69 Å². The van der Waals surface area contributed by atoms with Crippen molar-refractivity contribution in [2.45, 2.75) is 32.1 Å². The van der Waals surface area contributed by atoms with Gasteiger partial charge in [-0.25, -0.2) is 0 Å². The molecule has 1 fully saturated rings. The monoisotopic (exact) mass is 327 g/mol. The van der Waals surface area contributed by atoms with E-state index in [1.54, 1.807) is 12.3 Å². The number of pyridine rings is 1. The Morgan fingerprint density at radius 2 is 2.25 bits per heavy atom. The normalized spacial score (nSPS) is 17.7. The third kappa shape index (κ3) is 3.61. The van der Waals surface area contributed by atoms with Gasteiger partial charge in [0, 0.05) is 36.6 Å². The quantitative estimate of drug-likeness (QED) is 0.879. The van der Waals surface area contributed by atoms with Gasteiger partial charge in [-0.15, -0.1) is 0 Å². The average Bonchev–Trinajstić information content (AvgIpc) is 3.07. The van der Waals surface area contributed by atoms with E-state index in [-0.39, 0.29) is 17.5 Å². The number of nitrogens with zero attached hydrogens (tertiary/aromatic N) is 3. The zero-order chi connectivity index (χ0) is 17.1. The number of amides is 2. The fourth-order valence-electron chi connectivity index (χ4n) is 3.02. The number of nitrogens with one attached hydrogen (secondary N) is 1. The van der Waals surface area contributed by atoms with Gasteiger partial charge < -0.3 is 10.6 Å². The summed E-state index contributed by atoms with van der Waals surface area (Å²) in [5.41, 5.74) is 8.19. The lowest BCUT2D eigenvalue weighted by Crippen LogP contribution is -2.40. The second kappa shape index (κ2) is 6.82. The van der Waals surface area contributed by atoms with Crippen molar-refractivity contribution in [3.8, 4) is 0 Å². The van der Waals surface area contributed by atoms with E-state index in [1.807, 2.05) is 24.0 Å². The lowest BCUT2D eigenvalue weighted by atomic mass is 9.94. The van der Waals surface area contributed by atoms with E-state index in [0.717, 1.165) is 36.3 Å². The molecule has 2 aromatic rings. The largest absolute Gasteiger partial charge is 0.364 e. The second-order valence-electron chi connectivity index (χ2n) is 6.24. The van der Waals surface area contributed by atoms with Gasteiger partial charge in [-0.05, 0) is 37.5 Å². The standard InChI is InChI=1S/C17H21N5O2/c1-11-4-5-12(9-19-11)7-16(23)22-6-2-3-13(10-22)14-8-15(17(18)24)21-20-14/h4-5,8-9,13H,2-3,6-7,10H2,1H3,(H2,18,24)(H,20,21)/t13-/m0/s1. The Morgan fingerprint density at radius 3 is 2.92 bits per heavy atom. The molecule has 126 valence electrons. The molecular formula is C17H21N5O2. The maximum absolute atomic E-state index is 12.5. The zero-order valence-corrected chi connectivity index (χ0v) is 13.7. The number of aryl methyl sites for hydroxylation is 1. The van der Waals surface area contributed by atoms with E-state index >= 15 is 0 Å². The maximum Gasteiger partial charge on any atom is 0.269 e. The number of aromatic amines is 1. The Morgan fingerprint density at radius 1 is 1.42 bits per heavy atom. The van der Waals surface area contributed by atoms with Crippen molar-refractivity contribution in [3.05, 3.63) is 47.0 Å². The van der Waals surface area contributed by atoms with E-state index in [0.29, 0.717) is 13.0 Å². The van der Waals surface area contributed by atoms with Crippen LogP contribution in [0.1, 0.15) is 46.2 Å². The number of carbonyl (C=O) groups excluding carboxylic acids is 2. The van der Waals surface area contributed by atoms with E-state index in [1.165, 1.54) is 0 Å². The SMILES string of the molecule is Cc1ccc(CC(=O)N2CCC[C@H](c3cc(C(N)=O)n[nH]3)C2)cn1. The molecule has 0 radical (unpaired) electrons. The number of aromatic nitrogens is 3. The van der Waals surface area contributed by atoms with Gasteiger partial charge in [-0.3, -0.25) is 19.7 Å². The summed E-state index contributed by atoms with van der Waals surface area (Å²) in [6.07, 6.45) is 3.99. The van der Waals surface area contributed by atoms with Crippen LogP contribution in [-0.4, -0.2) is 45.0 Å². The molecule has 1 aliphatic rings. The van der Waals surface area contributed by atoms with Gasteiger partial charge in [0.25, 0.3) is 5.91 Å². The van der Waals surface area contributed by atoms with E-state index < -0.39 is 5.91 Å². The van der Waals surface area contributed by atoms with Crippen LogP contribution in [0.2, 0.25) is 0 Å². The molecule has 3 heterocycles. The van der Waals surface area contributed by atoms with E-state index in [2.05, 4.69) is 15.2 Å². The van der Waals surface area contributed by atoms with Crippen molar-refractivity contribution in [3.63, 3.8) is 0 Å². The van der Waals surface area contributed by atoms with E-state index in [9.17, 15) is 9.59 Å². The molecule has 0 spiro atoms. The molecule has 0 unspecified atom stereocenters. The van der Waals surface area contributed by atoms with Gasteiger partial charge in [0.2, 0.25) is 5.91 Å². The third-order valence-corrected chi connectivity index (χ3v) is 4.39. The highest BCUT2D eigenvalue weighted by molar-refractivity contribution is 5.90. The molecule has 0 saturated carbocycles. The molecule has 0 aliphatic carbocycles. The van der Waals surface area contributed by atoms with Gasteiger partial charge >= 0.3 is 0 Å². The number of rotatable bonds is 4. The maximum atomic E-state index is 12.5. The van der Waals surface area contributed by atoms with Crippen LogP contribution in [0.5, 0.6) is 0 Å². The molecule has 0 bridgehead atoms. The summed E-state index contributed by atoms with van der Waals surface area (Å²) in [5.74, 6) is -0.299. The highest BCUT2D eigenvalue weighted by Gasteiger charge is 2.26. The van der Waals surface area contributed by atoms with Crippen molar-refractivity contribution < 1.29 is 9.59 Å². The first kappa shape index (κ1) is 16.2. The van der Waals surface area contributed by atoms with Crippen LogP contribution in [0.3, 0.4) is 0 Å². The summed E-state index contributed by atoms with van der Waals surface area (Å²) in [6, 6.07) is 5.54. The van der Waals surface area contributed by atoms with Crippen molar-refractivity contribution in [2.75, 3.05) is 13.1 Å². The number of primary amides is 1. The minimum absolute atomic E-state index is 0.0972. The Hall–Kier alpha value is -2.70. The van der Waals surface area contributed by atoms with Crippen molar-refractivity contribution >= 4 is 11.8 Å². The zero-order valence-electron chi connectivity index (χ0n) is 13.7. The minimum Gasteiger partial charge on any atom is -0.364 e. The average molecular weight is 327 g/mol. The number of likely N-dealkylation sites (tertiary alicyclic amines) is 1. The second-order valence-corrected chi connectivity index (χ2v) is 6.24. The Labute approximate surface area is 140 Å². The predicted molar refractivity (Wildman–Crippen MR) is 88.3 cm³/mol. The Balaban J connectivity index is 1.64. The molecule has 1 aliphatic heterocycles. The van der Waals surface area contributed by atoms with Crippen LogP contribution < -0.4 is 5.73 Å². The van der Waals surface area contributed by atoms with Gasteiger partial charge in [0.05, 0.1) is 6.42 Å². The lowest BCUT2D eigenvalue weighted by Gasteiger charge is -2.32. The summed E-state index contributed by atoms with van der Waals surface area (Å²) < 4.78 is 0. The van der Waals surface area contributed by atoms with Crippen molar-refractivity contribution in [1.29, 1.82) is 0 Å². The summed E-state index contributed by atoms with van der Waals surface area (Å²) in [4.78, 5) is 29.8. The van der Waals surface area contributed by atoms with Crippen LogP contribution >= 0.6 is 0 Å². The first-order valence-corrected chi connectivity index (χ1v) is 8.07. The van der Waals surface area contributed by atoms with Gasteiger partial charge in [0.15, 0.2) is 0 Å². The minimum atomic E-state index is -0.548. The van der Waals surface area contributed by atoms with Gasteiger partial charge in [-0.2, -0.15) is 5.10 Å². The highest BCUT2D eigenvalue weighted by atomic mass is 16.2. The Bertz CT molecular complexity index is 738. The molecule has 1 atom stereocenters. The van der Waals surface area contributed by atoms with Crippen LogP contribution in [0.4, 0.5) is 0 Å². The third-order valence-electron chi connectivity index (χ3n) is 4.39. The van der Waals surface area contributed by atoms with Crippen LogP contribution in [0.15, 0.2) is 24.4 Å². The molecule has 3 N–H and O–H groups in total. The fourth-order valence-corrected chi connectivity index (χ4v) is 3.02. The topological polar surface area (TPSA) is 105 Å². The number of nitrogens with two attached hydrogens (primary N) is 1. The summed E-state index contributed by atoms with van der Waals surface area (Å²) in [5, 5.41) is 6.80. The predicted octanol–water partition coefficient (Wildman–Crippen LogP) is 1.16. The molecule has 0 aromatic carbocycles. The van der Waals surface area contributed by atoms with E-state index in [4.69, 9.17) is 5.73 Å². The summed E-state index contributed by atoms with van der Waals surface area (Å²) >= 11 is 0. The smallest absolute Gasteiger partial charge is 0.269 e. The molecule has 2 amide bonds. The fraction of sp³-hybridized carbons (Fsp3) is 0.412. The number of piperidine rings is 1. The molecule has 2 aromatic heterocycles. The Kier molecular flexibility index (Phi) is 4.59. The molecule has 24 heavy (non-hydrogen) atoms. The van der Waals surface area contributed by atoms with Gasteiger partial charge in [-0.1, -0.05) is 6.07 Å². The number of H-pyrrole nitrogens is 1. The van der Waals surface area contributed by atoms with Crippen LogP contribution in [0.25, 0.3) is 0 Å². The number of hydrogen-bond acceptors (Lipinski definition) is 4. The van der Waals surface area contributed by atoms with Crippen LogP contribution in [-0.2, 0) is 11.2 Å². The molecular weight excluding hydrogens is 306 g/mol. The summed E-state index contributed by atoms with van der Waals surface area (Å²) in [7, 11) is 0. The van der Waals surface area contributed by atoms with Crippen LogP contribution in [0, 0.1) is 6.92 Å². The molecule has 7 nitrogen and oxygen atoms in total.